The fourth-order valence-corrected chi connectivity index (χ4v) is 3.46. The molecule has 1 saturated heterocycles. The van der Waals surface area contributed by atoms with E-state index in [0.717, 1.165) is 31.4 Å². The van der Waals surface area contributed by atoms with Crippen LogP contribution < -0.4 is 5.73 Å². The summed E-state index contributed by atoms with van der Waals surface area (Å²) in [5.74, 6) is -1.45. The number of carbonyl (C=O) groups excluding carboxylic acids is 1. The van der Waals surface area contributed by atoms with Gasteiger partial charge in [-0.25, -0.2) is 8.78 Å². The minimum Gasteiger partial charge on any atom is -0.370 e. The van der Waals surface area contributed by atoms with E-state index in [0.29, 0.717) is 31.7 Å². The van der Waals surface area contributed by atoms with E-state index >= 15 is 0 Å². The second kappa shape index (κ2) is 8.23. The van der Waals surface area contributed by atoms with Crippen molar-refractivity contribution >= 4 is 18.3 Å². The minimum absolute atomic E-state index is 0. The van der Waals surface area contributed by atoms with Gasteiger partial charge in [-0.2, -0.15) is 0 Å². The molecule has 2 fully saturated rings. The number of ether oxygens (including phenoxy) is 1. The molecule has 4 nitrogen and oxygen atoms in total. The largest absolute Gasteiger partial charge is 0.370 e. The van der Waals surface area contributed by atoms with Crippen molar-refractivity contribution in [3.05, 3.63) is 35.4 Å². The number of halogens is 3. The highest BCUT2D eigenvalue weighted by Gasteiger charge is 2.31. The molecule has 1 aromatic carbocycles. The van der Waals surface area contributed by atoms with Gasteiger partial charge in [0.1, 0.15) is 6.10 Å². The molecule has 1 saturated carbocycles. The highest BCUT2D eigenvalue weighted by atomic mass is 35.5. The molecule has 2 aliphatic rings. The summed E-state index contributed by atoms with van der Waals surface area (Å²) in [6.07, 6.45) is 3.12. The topological polar surface area (TPSA) is 55.6 Å². The molecule has 1 aliphatic heterocycles. The molecule has 0 bridgehead atoms. The maximum absolute atomic E-state index is 13.4. The smallest absolute Gasteiger partial charge is 0.223 e. The fraction of sp³-hybridized carbons (Fsp3) is 0.588. The average Bonchev–Trinajstić information content (AvgIpc) is 2.95. The van der Waals surface area contributed by atoms with Crippen molar-refractivity contribution in [1.29, 1.82) is 0 Å². The summed E-state index contributed by atoms with van der Waals surface area (Å²) in [7, 11) is 0. The maximum atomic E-state index is 13.4. The Bertz CT molecular complexity index is 588. The molecule has 1 heterocycles. The predicted molar refractivity (Wildman–Crippen MR) is 88.8 cm³/mol. The summed E-state index contributed by atoms with van der Waals surface area (Å²) < 4.78 is 32.0. The lowest BCUT2D eigenvalue weighted by Gasteiger charge is -2.34. The molecule has 1 aliphatic carbocycles. The van der Waals surface area contributed by atoms with Crippen molar-refractivity contribution in [2.45, 2.75) is 37.8 Å². The normalized spacial score (nSPS) is 27.0. The van der Waals surface area contributed by atoms with E-state index in [1.807, 2.05) is 0 Å². The predicted octanol–water partition coefficient (Wildman–Crippen LogP) is 2.80. The minimum atomic E-state index is -0.897. The number of nitrogens with zero attached hydrogens (tertiary/aromatic N) is 1. The van der Waals surface area contributed by atoms with Gasteiger partial charge in [-0.3, -0.25) is 4.79 Å². The van der Waals surface area contributed by atoms with Crippen LogP contribution in [0.5, 0.6) is 0 Å². The first kappa shape index (κ1) is 19.1. The third-order valence-electron chi connectivity index (χ3n) is 4.89. The van der Waals surface area contributed by atoms with Crippen LogP contribution in [0.4, 0.5) is 8.78 Å². The fourth-order valence-electron chi connectivity index (χ4n) is 3.46. The molecular weight excluding hydrogens is 338 g/mol. The number of carbonyl (C=O) groups is 1. The molecule has 3 rings (SSSR count). The van der Waals surface area contributed by atoms with Gasteiger partial charge in [0.2, 0.25) is 5.91 Å². The van der Waals surface area contributed by atoms with Gasteiger partial charge < -0.3 is 15.4 Å². The number of hydrogen-bond donors (Lipinski definition) is 1. The highest BCUT2D eigenvalue weighted by molar-refractivity contribution is 5.85. The van der Waals surface area contributed by atoms with Crippen LogP contribution in [0.1, 0.15) is 37.4 Å². The lowest BCUT2D eigenvalue weighted by molar-refractivity contribution is -0.140. The third kappa shape index (κ3) is 4.23. The van der Waals surface area contributed by atoms with Gasteiger partial charge in [0.05, 0.1) is 13.2 Å². The zero-order valence-electron chi connectivity index (χ0n) is 13.4. The average molecular weight is 361 g/mol. The molecule has 3 atom stereocenters. The molecule has 1 amide bonds. The molecule has 1 unspecified atom stereocenters. The number of nitrogens with two attached hydrogens (primary N) is 1. The highest BCUT2D eigenvalue weighted by Crippen LogP contribution is 2.29. The zero-order chi connectivity index (χ0) is 16.4. The monoisotopic (exact) mass is 360 g/mol. The van der Waals surface area contributed by atoms with Crippen molar-refractivity contribution in [1.82, 2.24) is 4.90 Å². The Balaban J connectivity index is 0.00000208. The van der Waals surface area contributed by atoms with E-state index in [2.05, 4.69) is 0 Å². The summed E-state index contributed by atoms with van der Waals surface area (Å²) in [5.41, 5.74) is 6.59. The molecule has 1 aromatic rings. The van der Waals surface area contributed by atoms with Crippen LogP contribution in [0.3, 0.4) is 0 Å². The lowest BCUT2D eigenvalue weighted by Crippen LogP contribution is -2.43. The number of rotatable bonds is 3. The van der Waals surface area contributed by atoms with Crippen molar-refractivity contribution < 1.29 is 18.3 Å². The number of morpholine rings is 1. The van der Waals surface area contributed by atoms with Crippen LogP contribution in [0.25, 0.3) is 0 Å². The third-order valence-corrected chi connectivity index (χ3v) is 4.89. The Morgan fingerprint density at radius 3 is 2.75 bits per heavy atom. The van der Waals surface area contributed by atoms with E-state index < -0.39 is 17.7 Å². The van der Waals surface area contributed by atoms with Crippen molar-refractivity contribution in [2.75, 3.05) is 19.7 Å². The lowest BCUT2D eigenvalue weighted by atomic mass is 9.99. The van der Waals surface area contributed by atoms with Crippen LogP contribution in [0.2, 0.25) is 0 Å². The van der Waals surface area contributed by atoms with Crippen LogP contribution in [-0.2, 0) is 9.53 Å². The Morgan fingerprint density at radius 2 is 2.08 bits per heavy atom. The van der Waals surface area contributed by atoms with Gasteiger partial charge >= 0.3 is 0 Å². The van der Waals surface area contributed by atoms with Gasteiger partial charge in [0.15, 0.2) is 11.6 Å². The molecular formula is C17H23ClF2N2O2. The van der Waals surface area contributed by atoms with Gasteiger partial charge in [0, 0.05) is 19.0 Å². The first-order valence-electron chi connectivity index (χ1n) is 8.14. The van der Waals surface area contributed by atoms with Crippen LogP contribution in [-0.4, -0.2) is 36.5 Å². The summed E-state index contributed by atoms with van der Waals surface area (Å²) in [6, 6.07) is 3.85. The first-order valence-corrected chi connectivity index (χ1v) is 8.14. The number of amides is 1. The van der Waals surface area contributed by atoms with Gasteiger partial charge in [-0.15, -0.1) is 12.4 Å². The summed E-state index contributed by atoms with van der Waals surface area (Å²) >= 11 is 0. The van der Waals surface area contributed by atoms with E-state index in [1.165, 1.54) is 6.07 Å². The van der Waals surface area contributed by atoms with Gasteiger partial charge in [0.25, 0.3) is 0 Å². The SMILES string of the molecule is Cl.N[C@@H]1CCC[C@H]1CC(=O)N1CCOC(c2ccc(F)c(F)c2)C1. The van der Waals surface area contributed by atoms with Crippen LogP contribution >= 0.6 is 12.4 Å². The molecule has 0 radical (unpaired) electrons. The molecule has 0 spiro atoms. The van der Waals surface area contributed by atoms with E-state index in [1.54, 1.807) is 4.90 Å². The van der Waals surface area contributed by atoms with E-state index in [4.69, 9.17) is 10.5 Å². The molecule has 2 N–H and O–H groups in total. The summed E-state index contributed by atoms with van der Waals surface area (Å²) in [4.78, 5) is 14.2. The van der Waals surface area contributed by atoms with Crippen molar-refractivity contribution in [2.24, 2.45) is 11.7 Å². The molecule has 134 valence electrons. The van der Waals surface area contributed by atoms with E-state index in [9.17, 15) is 13.6 Å². The number of hydrogen-bond acceptors (Lipinski definition) is 3. The first-order chi connectivity index (χ1) is 11.0. The Kier molecular flexibility index (Phi) is 6.54. The summed E-state index contributed by atoms with van der Waals surface area (Å²) in [5, 5.41) is 0. The Labute approximate surface area is 146 Å². The summed E-state index contributed by atoms with van der Waals surface area (Å²) in [6.45, 7) is 1.29. The number of benzene rings is 1. The molecule has 0 aromatic heterocycles. The van der Waals surface area contributed by atoms with Crippen LogP contribution in [0.15, 0.2) is 18.2 Å². The Hall–Kier alpha value is -1.24. The standard InChI is InChI=1S/C17H22F2N2O2.ClH/c18-13-5-4-12(8-14(13)19)16-10-21(6-7-23-16)17(22)9-11-2-1-3-15(11)20;/h4-5,8,11,15-16H,1-3,6-7,9-10,20H2;1H/t11-,15+,16?;/m0./s1. The van der Waals surface area contributed by atoms with Gasteiger partial charge in [-0.1, -0.05) is 12.5 Å². The van der Waals surface area contributed by atoms with Crippen molar-refractivity contribution in [3.63, 3.8) is 0 Å². The zero-order valence-corrected chi connectivity index (χ0v) is 14.2. The maximum Gasteiger partial charge on any atom is 0.223 e. The van der Waals surface area contributed by atoms with E-state index in [-0.39, 0.29) is 30.3 Å². The van der Waals surface area contributed by atoms with Crippen molar-refractivity contribution in [3.8, 4) is 0 Å². The quantitative estimate of drug-likeness (QED) is 0.901. The van der Waals surface area contributed by atoms with Gasteiger partial charge in [-0.05, 0) is 36.5 Å². The second-order valence-electron chi connectivity index (χ2n) is 6.43. The molecule has 24 heavy (non-hydrogen) atoms. The molecule has 7 heteroatoms. The Morgan fingerprint density at radius 1 is 1.29 bits per heavy atom. The van der Waals surface area contributed by atoms with Crippen LogP contribution in [0, 0.1) is 17.6 Å². The second-order valence-corrected chi connectivity index (χ2v) is 6.43.